The quantitative estimate of drug-likeness (QED) is 0.816. The van der Waals surface area contributed by atoms with E-state index < -0.39 is 0 Å². The number of hydrogen-bond donors (Lipinski definition) is 1. The standard InChI is InChI=1S/C16H12BClNO3.C3H8/c18-15-8-14(21-12-3-1-11(17-20)2-4-12)7-10(9-19)16(15)22-13-5-6-13;1-3-2/h1-4,7-8,13,20H,5-6H2;3H2,1-2H3. The summed E-state index contributed by atoms with van der Waals surface area (Å²) in [6.07, 6.45) is 3.40. The summed E-state index contributed by atoms with van der Waals surface area (Å²) in [5.74, 6) is 1.47. The zero-order chi connectivity index (χ0) is 18.2. The first-order chi connectivity index (χ1) is 12.1. The van der Waals surface area contributed by atoms with Gasteiger partial charge in [-0.3, -0.25) is 0 Å². The second-order valence-electron chi connectivity index (χ2n) is 5.72. The Morgan fingerprint density at radius 3 is 2.36 bits per heavy atom. The predicted molar refractivity (Wildman–Crippen MR) is 99.9 cm³/mol. The minimum absolute atomic E-state index is 0.165. The van der Waals surface area contributed by atoms with Gasteiger partial charge in [-0.1, -0.05) is 49.5 Å². The van der Waals surface area contributed by atoms with Crippen LogP contribution in [0.1, 0.15) is 38.7 Å². The van der Waals surface area contributed by atoms with Crippen LogP contribution in [0.5, 0.6) is 17.2 Å². The highest BCUT2D eigenvalue weighted by Gasteiger charge is 2.26. The van der Waals surface area contributed by atoms with Crippen molar-refractivity contribution in [1.29, 1.82) is 5.26 Å². The molecule has 0 amide bonds. The van der Waals surface area contributed by atoms with Crippen molar-refractivity contribution in [3.05, 3.63) is 47.0 Å². The van der Waals surface area contributed by atoms with E-state index in [1.807, 2.05) is 0 Å². The van der Waals surface area contributed by atoms with Gasteiger partial charge in [0.1, 0.15) is 17.6 Å². The summed E-state index contributed by atoms with van der Waals surface area (Å²) in [6.45, 7) is 4.25. The van der Waals surface area contributed by atoms with E-state index >= 15 is 0 Å². The molecule has 0 saturated heterocycles. The molecule has 4 nitrogen and oxygen atoms in total. The van der Waals surface area contributed by atoms with Crippen molar-refractivity contribution in [2.24, 2.45) is 0 Å². The van der Waals surface area contributed by atoms with Crippen LogP contribution in [0.2, 0.25) is 5.02 Å². The molecule has 2 aromatic carbocycles. The summed E-state index contributed by atoms with van der Waals surface area (Å²) in [4.78, 5) is 0. The largest absolute Gasteiger partial charge is 0.487 e. The van der Waals surface area contributed by atoms with Crippen LogP contribution in [-0.2, 0) is 0 Å². The fourth-order valence-corrected chi connectivity index (χ4v) is 2.19. The van der Waals surface area contributed by atoms with Crippen molar-refractivity contribution in [1.82, 2.24) is 0 Å². The van der Waals surface area contributed by atoms with Crippen LogP contribution >= 0.6 is 11.6 Å². The molecule has 1 radical (unpaired) electrons. The van der Waals surface area contributed by atoms with E-state index in [1.165, 1.54) is 6.42 Å². The maximum atomic E-state index is 9.26. The van der Waals surface area contributed by atoms with Crippen LogP contribution in [0, 0.1) is 11.3 Å². The van der Waals surface area contributed by atoms with Gasteiger partial charge in [-0.2, -0.15) is 5.26 Å². The van der Waals surface area contributed by atoms with Gasteiger partial charge in [0, 0.05) is 12.1 Å². The third-order valence-electron chi connectivity index (χ3n) is 3.21. The van der Waals surface area contributed by atoms with Crippen LogP contribution in [0.25, 0.3) is 0 Å². The lowest BCUT2D eigenvalue weighted by molar-refractivity contribution is 0.302. The van der Waals surface area contributed by atoms with Gasteiger partial charge in [-0.15, -0.1) is 0 Å². The number of ether oxygens (including phenoxy) is 2. The molecule has 0 unspecified atom stereocenters. The maximum absolute atomic E-state index is 9.26. The van der Waals surface area contributed by atoms with Crippen molar-refractivity contribution >= 4 is 24.5 Å². The Labute approximate surface area is 154 Å². The number of nitrogens with zero attached hydrogens (tertiary/aromatic N) is 1. The fraction of sp³-hybridized carbons (Fsp3) is 0.316. The van der Waals surface area contributed by atoms with E-state index in [-0.39, 0.29) is 6.10 Å². The average Bonchev–Trinajstić information content (AvgIpc) is 3.42. The van der Waals surface area contributed by atoms with E-state index in [0.717, 1.165) is 20.3 Å². The zero-order valence-electron chi connectivity index (χ0n) is 14.3. The van der Waals surface area contributed by atoms with Crippen molar-refractivity contribution < 1.29 is 14.5 Å². The van der Waals surface area contributed by atoms with Crippen LogP contribution in [0.3, 0.4) is 0 Å². The Morgan fingerprint density at radius 1 is 1.20 bits per heavy atom. The zero-order valence-corrected chi connectivity index (χ0v) is 15.1. The number of halogens is 1. The molecule has 129 valence electrons. The van der Waals surface area contributed by atoms with Gasteiger partial charge in [0.05, 0.1) is 16.7 Å². The average molecular weight is 357 g/mol. The Morgan fingerprint density at radius 2 is 1.84 bits per heavy atom. The summed E-state index contributed by atoms with van der Waals surface area (Å²) in [6, 6.07) is 12.2. The van der Waals surface area contributed by atoms with Gasteiger partial charge >= 0.3 is 7.48 Å². The number of nitriles is 1. The SMILES string of the molecule is CCC.N#Cc1cc(Oc2ccc([B]O)cc2)cc(Cl)c1OC1CC1. The highest BCUT2D eigenvalue weighted by atomic mass is 35.5. The maximum Gasteiger partial charge on any atom is 0.326 e. The molecule has 1 saturated carbocycles. The first-order valence-electron chi connectivity index (χ1n) is 8.26. The lowest BCUT2D eigenvalue weighted by atomic mass is 9.89. The van der Waals surface area contributed by atoms with Crippen LogP contribution in [0.4, 0.5) is 0 Å². The molecular weight excluding hydrogens is 336 g/mol. The lowest BCUT2D eigenvalue weighted by Gasteiger charge is -2.12. The number of rotatable bonds is 5. The molecule has 0 spiro atoms. The molecule has 0 atom stereocenters. The smallest absolute Gasteiger partial charge is 0.326 e. The van der Waals surface area contributed by atoms with Crippen molar-refractivity contribution in [2.45, 2.75) is 39.2 Å². The monoisotopic (exact) mass is 356 g/mol. The summed E-state index contributed by atoms with van der Waals surface area (Å²) in [7, 11) is 1.01. The Kier molecular flexibility index (Phi) is 7.18. The Balaban J connectivity index is 0.000000701. The topological polar surface area (TPSA) is 62.5 Å². The summed E-state index contributed by atoms with van der Waals surface area (Å²) < 4.78 is 11.4. The van der Waals surface area contributed by atoms with Crippen LogP contribution in [0.15, 0.2) is 36.4 Å². The van der Waals surface area contributed by atoms with E-state index in [9.17, 15) is 5.26 Å². The minimum atomic E-state index is 0.165. The first-order valence-corrected chi connectivity index (χ1v) is 8.64. The fourth-order valence-electron chi connectivity index (χ4n) is 1.94. The summed E-state index contributed by atoms with van der Waals surface area (Å²) >= 11 is 6.20. The van der Waals surface area contributed by atoms with Gasteiger partial charge in [-0.25, -0.2) is 0 Å². The molecule has 0 heterocycles. The van der Waals surface area contributed by atoms with Gasteiger partial charge < -0.3 is 14.5 Å². The minimum Gasteiger partial charge on any atom is -0.487 e. The summed E-state index contributed by atoms with van der Waals surface area (Å²) in [5.41, 5.74) is 1.03. The molecule has 0 aliphatic heterocycles. The van der Waals surface area contributed by atoms with Gasteiger partial charge in [0.25, 0.3) is 0 Å². The molecule has 1 aliphatic rings. The molecule has 6 heteroatoms. The molecule has 3 rings (SSSR count). The van der Waals surface area contributed by atoms with E-state index in [0.29, 0.717) is 33.3 Å². The molecule has 1 N–H and O–H groups in total. The third-order valence-corrected chi connectivity index (χ3v) is 3.49. The second kappa shape index (κ2) is 9.36. The number of benzene rings is 2. The van der Waals surface area contributed by atoms with Gasteiger partial charge in [-0.05, 0) is 25.0 Å². The Hall–Kier alpha value is -2.16. The van der Waals surface area contributed by atoms with E-state index in [4.69, 9.17) is 26.1 Å². The predicted octanol–water partition coefficient (Wildman–Crippen LogP) is 4.20. The molecule has 25 heavy (non-hydrogen) atoms. The molecule has 0 aromatic heterocycles. The first kappa shape index (κ1) is 19.2. The van der Waals surface area contributed by atoms with E-state index in [1.54, 1.807) is 36.4 Å². The van der Waals surface area contributed by atoms with Crippen LogP contribution < -0.4 is 14.9 Å². The van der Waals surface area contributed by atoms with Crippen molar-refractivity contribution in [2.75, 3.05) is 0 Å². The van der Waals surface area contributed by atoms with Gasteiger partial charge in [0.2, 0.25) is 0 Å². The van der Waals surface area contributed by atoms with Crippen molar-refractivity contribution in [3.63, 3.8) is 0 Å². The molecule has 0 bridgehead atoms. The molecule has 1 fully saturated rings. The van der Waals surface area contributed by atoms with Gasteiger partial charge in [0.15, 0.2) is 5.75 Å². The summed E-state index contributed by atoms with van der Waals surface area (Å²) in [5, 5.41) is 18.5. The lowest BCUT2D eigenvalue weighted by Crippen LogP contribution is -2.11. The van der Waals surface area contributed by atoms with E-state index in [2.05, 4.69) is 19.9 Å². The normalized spacial score (nSPS) is 12.4. The van der Waals surface area contributed by atoms with Crippen molar-refractivity contribution in [3.8, 4) is 23.3 Å². The van der Waals surface area contributed by atoms with Crippen LogP contribution in [-0.4, -0.2) is 18.6 Å². The Bertz CT molecular complexity index is 740. The third kappa shape index (κ3) is 5.70. The highest BCUT2D eigenvalue weighted by Crippen LogP contribution is 2.38. The molecular formula is C19H20BClNO3. The highest BCUT2D eigenvalue weighted by molar-refractivity contribution is 6.45. The number of hydrogen-bond acceptors (Lipinski definition) is 4. The molecule has 2 aromatic rings. The molecule has 1 aliphatic carbocycles. The second-order valence-corrected chi connectivity index (χ2v) is 6.13.